The molecule has 0 spiro atoms. The van der Waals surface area contributed by atoms with Crippen molar-refractivity contribution in [2.45, 2.75) is 50.3 Å². The Morgan fingerprint density at radius 3 is 2.05 bits per heavy atom. The summed E-state index contributed by atoms with van der Waals surface area (Å²) in [6.07, 6.45) is -4.00. The molecule has 1 unspecified atom stereocenters. The molecular weight excluding hydrogens is 569 g/mol. The van der Waals surface area contributed by atoms with Crippen LogP contribution in [-0.2, 0) is 21.1 Å². The summed E-state index contributed by atoms with van der Waals surface area (Å²) in [5.74, 6) is -4.04. The van der Waals surface area contributed by atoms with E-state index in [1.165, 1.54) is 6.92 Å². The summed E-state index contributed by atoms with van der Waals surface area (Å²) >= 11 is 0. The van der Waals surface area contributed by atoms with Gasteiger partial charge in [0.15, 0.2) is 11.9 Å². The number of carbonyl (C=O) groups is 1. The lowest BCUT2D eigenvalue weighted by molar-refractivity contribution is -0.146. The van der Waals surface area contributed by atoms with Crippen LogP contribution in [0.4, 0.5) is 22.0 Å². The first kappa shape index (κ1) is 30.2. The second kappa shape index (κ2) is 11.4. The fraction of sp³-hybridized carbons (Fsp3) is 0.273. The average molecular weight is 598 g/mol. The number of aliphatic hydroxyl groups excluding tert-OH is 1. The second-order valence-electron chi connectivity index (χ2n) is 10.5. The molecule has 4 aromatic rings. The van der Waals surface area contributed by atoms with Gasteiger partial charge in [0, 0.05) is 5.56 Å². The summed E-state index contributed by atoms with van der Waals surface area (Å²) in [6, 6.07) is 18.2. The van der Waals surface area contributed by atoms with Gasteiger partial charge in [-0.15, -0.1) is 0 Å². The van der Waals surface area contributed by atoms with Gasteiger partial charge in [-0.25, -0.2) is 0 Å². The van der Waals surface area contributed by atoms with Crippen LogP contribution in [0.2, 0.25) is 0 Å². The SMILES string of the molecule is CCOC(=O)C1(c2ccc(-c3ccc(-c4onc(C)c4C(O)C(F)(F)C=Cc4ccc(C(F)(F)F)cc4)cc3)cc2)CC1. The van der Waals surface area contributed by atoms with Gasteiger partial charge in [-0.1, -0.05) is 71.9 Å². The van der Waals surface area contributed by atoms with Crippen molar-refractivity contribution in [2.24, 2.45) is 0 Å². The van der Waals surface area contributed by atoms with Crippen molar-refractivity contribution in [3.8, 4) is 22.5 Å². The molecule has 0 radical (unpaired) electrons. The Hall–Kier alpha value is -4.31. The van der Waals surface area contributed by atoms with Crippen molar-refractivity contribution in [1.82, 2.24) is 5.16 Å². The maximum atomic E-state index is 15.1. The fourth-order valence-electron chi connectivity index (χ4n) is 4.98. The Kier molecular flexibility index (Phi) is 8.00. The highest BCUT2D eigenvalue weighted by atomic mass is 19.4. The third-order valence-electron chi connectivity index (χ3n) is 7.62. The van der Waals surface area contributed by atoms with Gasteiger partial charge in [-0.2, -0.15) is 22.0 Å². The van der Waals surface area contributed by atoms with Crippen molar-refractivity contribution in [3.63, 3.8) is 0 Å². The average Bonchev–Trinajstić information content (AvgIpc) is 3.72. The normalized spacial score (nSPS) is 15.4. The highest BCUT2D eigenvalue weighted by Gasteiger charge is 2.52. The number of halogens is 5. The van der Waals surface area contributed by atoms with Gasteiger partial charge < -0.3 is 14.4 Å². The molecule has 1 aliphatic rings. The molecule has 1 heterocycles. The van der Waals surface area contributed by atoms with Crippen LogP contribution in [0.15, 0.2) is 83.4 Å². The predicted molar refractivity (Wildman–Crippen MR) is 150 cm³/mol. The molecule has 1 atom stereocenters. The Balaban J connectivity index is 1.33. The molecule has 0 amide bonds. The molecule has 43 heavy (non-hydrogen) atoms. The van der Waals surface area contributed by atoms with Gasteiger partial charge in [0.2, 0.25) is 0 Å². The van der Waals surface area contributed by atoms with Crippen molar-refractivity contribution in [1.29, 1.82) is 0 Å². The largest absolute Gasteiger partial charge is 0.465 e. The van der Waals surface area contributed by atoms with Crippen LogP contribution in [0.1, 0.15) is 53.8 Å². The molecule has 5 rings (SSSR count). The molecular formula is C33H28F5NO4. The summed E-state index contributed by atoms with van der Waals surface area (Å²) in [5.41, 5.74) is 1.53. The Labute approximate surface area is 244 Å². The molecule has 3 aromatic carbocycles. The smallest absolute Gasteiger partial charge is 0.416 e. The second-order valence-corrected chi connectivity index (χ2v) is 10.5. The number of benzene rings is 3. The number of hydrogen-bond donors (Lipinski definition) is 1. The number of nitrogens with zero attached hydrogens (tertiary/aromatic N) is 1. The maximum Gasteiger partial charge on any atom is 0.416 e. The van der Waals surface area contributed by atoms with E-state index in [1.807, 2.05) is 24.3 Å². The molecule has 10 heteroatoms. The van der Waals surface area contributed by atoms with Crippen molar-refractivity contribution in [2.75, 3.05) is 6.61 Å². The zero-order valence-corrected chi connectivity index (χ0v) is 23.3. The van der Waals surface area contributed by atoms with Crippen LogP contribution in [0.5, 0.6) is 0 Å². The standard InChI is InChI=1S/C33H28F5NO4/c1-3-42-30(41)31(18-19-31)25-14-10-23(11-15-25)22-6-8-24(9-7-22)28-27(20(2)39-43-28)29(40)32(34,35)17-16-21-4-12-26(13-5-21)33(36,37)38/h4-17,29,40H,3,18-19H2,1-2H3. The molecule has 1 saturated carbocycles. The number of esters is 1. The van der Waals surface area contributed by atoms with Crippen LogP contribution >= 0.6 is 0 Å². The van der Waals surface area contributed by atoms with Crippen LogP contribution in [0.25, 0.3) is 28.5 Å². The minimum absolute atomic E-state index is 0.0281. The van der Waals surface area contributed by atoms with E-state index in [9.17, 15) is 23.1 Å². The van der Waals surface area contributed by atoms with Crippen LogP contribution < -0.4 is 0 Å². The van der Waals surface area contributed by atoms with E-state index in [0.29, 0.717) is 18.2 Å². The topological polar surface area (TPSA) is 72.6 Å². The number of aryl methyl sites for hydroxylation is 1. The number of aromatic nitrogens is 1. The number of rotatable bonds is 9. The van der Waals surface area contributed by atoms with E-state index in [0.717, 1.165) is 59.9 Å². The number of hydrogen-bond acceptors (Lipinski definition) is 5. The number of ether oxygens (including phenoxy) is 1. The summed E-state index contributed by atoms with van der Waals surface area (Å²) in [7, 11) is 0. The maximum absolute atomic E-state index is 15.1. The summed E-state index contributed by atoms with van der Waals surface area (Å²) < 4.78 is 79.1. The highest BCUT2D eigenvalue weighted by Crippen LogP contribution is 2.49. The monoisotopic (exact) mass is 597 g/mol. The van der Waals surface area contributed by atoms with Gasteiger partial charge in [0.05, 0.1) is 28.8 Å². The van der Waals surface area contributed by atoms with Gasteiger partial charge in [-0.05, 0) is 67.2 Å². The molecule has 224 valence electrons. The van der Waals surface area contributed by atoms with E-state index in [2.05, 4.69) is 5.16 Å². The van der Waals surface area contributed by atoms with Crippen molar-refractivity contribution in [3.05, 3.63) is 107 Å². The summed E-state index contributed by atoms with van der Waals surface area (Å²) in [4.78, 5) is 12.4. The molecule has 0 bridgehead atoms. The van der Waals surface area contributed by atoms with E-state index in [-0.39, 0.29) is 28.6 Å². The molecule has 1 N–H and O–H groups in total. The number of alkyl halides is 5. The van der Waals surface area contributed by atoms with Gasteiger partial charge in [-0.3, -0.25) is 4.79 Å². The van der Waals surface area contributed by atoms with Crippen molar-refractivity contribution < 1.29 is 41.1 Å². The van der Waals surface area contributed by atoms with E-state index in [4.69, 9.17) is 9.26 Å². The van der Waals surface area contributed by atoms with Crippen LogP contribution in [0, 0.1) is 6.92 Å². The van der Waals surface area contributed by atoms with Gasteiger partial charge in [0.25, 0.3) is 5.92 Å². The first-order chi connectivity index (χ1) is 20.4. The first-order valence-electron chi connectivity index (χ1n) is 13.6. The molecule has 0 saturated heterocycles. The molecule has 0 aliphatic heterocycles. The molecule has 1 aromatic heterocycles. The number of aliphatic hydroxyl groups is 1. The lowest BCUT2D eigenvalue weighted by Crippen LogP contribution is -2.24. The van der Waals surface area contributed by atoms with Crippen LogP contribution in [-0.4, -0.2) is 28.8 Å². The minimum atomic E-state index is -4.54. The Morgan fingerprint density at radius 2 is 1.51 bits per heavy atom. The Bertz CT molecular complexity index is 1620. The third-order valence-corrected chi connectivity index (χ3v) is 7.62. The minimum Gasteiger partial charge on any atom is -0.465 e. The third kappa shape index (κ3) is 6.10. The lowest BCUT2D eigenvalue weighted by Gasteiger charge is -2.20. The number of carbonyl (C=O) groups excluding carboxylic acids is 1. The highest BCUT2D eigenvalue weighted by molar-refractivity contribution is 5.87. The van der Waals surface area contributed by atoms with Gasteiger partial charge in [0.1, 0.15) is 0 Å². The van der Waals surface area contributed by atoms with Crippen molar-refractivity contribution >= 4 is 12.0 Å². The van der Waals surface area contributed by atoms with Gasteiger partial charge >= 0.3 is 12.1 Å². The first-order valence-corrected chi connectivity index (χ1v) is 13.6. The Morgan fingerprint density at radius 1 is 0.953 bits per heavy atom. The molecule has 5 nitrogen and oxygen atoms in total. The predicted octanol–water partition coefficient (Wildman–Crippen LogP) is 8.31. The fourth-order valence-corrected chi connectivity index (χ4v) is 4.98. The zero-order chi connectivity index (χ0) is 31.0. The lowest BCUT2D eigenvalue weighted by atomic mass is 9.93. The van der Waals surface area contributed by atoms with E-state index >= 15 is 8.78 Å². The zero-order valence-electron chi connectivity index (χ0n) is 23.3. The van der Waals surface area contributed by atoms with E-state index in [1.54, 1.807) is 31.2 Å². The quantitative estimate of drug-likeness (QED) is 0.155. The van der Waals surface area contributed by atoms with Crippen LogP contribution in [0.3, 0.4) is 0 Å². The molecule has 1 fully saturated rings. The summed E-state index contributed by atoms with van der Waals surface area (Å²) in [5, 5.41) is 14.5. The van der Waals surface area contributed by atoms with E-state index < -0.39 is 29.2 Å². The summed E-state index contributed by atoms with van der Waals surface area (Å²) in [6.45, 7) is 3.53. The molecule has 1 aliphatic carbocycles.